The van der Waals surface area contributed by atoms with Gasteiger partial charge in [-0.15, -0.1) is 0 Å². The number of amides is 2. The highest BCUT2D eigenvalue weighted by atomic mass is 19.1. The fourth-order valence-electron chi connectivity index (χ4n) is 3.33. The first kappa shape index (κ1) is 24.1. The van der Waals surface area contributed by atoms with Crippen molar-refractivity contribution in [2.45, 2.75) is 0 Å². The summed E-state index contributed by atoms with van der Waals surface area (Å²) >= 11 is 0. The summed E-state index contributed by atoms with van der Waals surface area (Å²) in [5.74, 6) is -0.627. The second-order valence-electron chi connectivity index (χ2n) is 7.65. The van der Waals surface area contributed by atoms with Crippen LogP contribution >= 0.6 is 0 Å². The number of benzene rings is 2. The van der Waals surface area contributed by atoms with Crippen LogP contribution in [0.4, 0.5) is 33.2 Å². The Hall–Kier alpha value is -5.06. The van der Waals surface area contributed by atoms with Gasteiger partial charge in [-0.05, 0) is 42.0 Å². The van der Waals surface area contributed by atoms with Crippen molar-refractivity contribution in [2.24, 2.45) is 7.05 Å². The summed E-state index contributed by atoms with van der Waals surface area (Å²) in [6, 6.07) is 11.0. The minimum atomic E-state index is -0.548. The topological polar surface area (TPSA) is 126 Å². The number of nitrogens with one attached hydrogen (secondary N) is 4. The first-order chi connectivity index (χ1) is 17.4. The van der Waals surface area contributed by atoms with E-state index in [1.54, 1.807) is 61.6 Å². The van der Waals surface area contributed by atoms with Crippen molar-refractivity contribution in [1.82, 2.24) is 25.1 Å². The number of carbonyl (C=O) groups is 2. The predicted molar refractivity (Wildman–Crippen MR) is 136 cm³/mol. The number of anilines is 5. The number of hydrogen-bond donors (Lipinski definition) is 4. The number of aryl methyl sites for hydroxylation is 1. The van der Waals surface area contributed by atoms with Crippen molar-refractivity contribution in [3.8, 4) is 11.1 Å². The molecule has 182 valence electrons. The summed E-state index contributed by atoms with van der Waals surface area (Å²) in [5.41, 5.74) is 2.90. The van der Waals surface area contributed by atoms with Crippen molar-refractivity contribution in [2.75, 3.05) is 23.0 Å². The van der Waals surface area contributed by atoms with Gasteiger partial charge in [-0.2, -0.15) is 10.1 Å². The fourth-order valence-corrected chi connectivity index (χ4v) is 3.33. The van der Waals surface area contributed by atoms with Gasteiger partial charge >= 0.3 is 0 Å². The lowest BCUT2D eigenvalue weighted by Gasteiger charge is -2.15. The van der Waals surface area contributed by atoms with E-state index in [4.69, 9.17) is 0 Å². The van der Waals surface area contributed by atoms with Crippen LogP contribution in [0.25, 0.3) is 11.1 Å². The Morgan fingerprint density at radius 2 is 1.83 bits per heavy atom. The lowest BCUT2D eigenvalue weighted by Crippen LogP contribution is -2.17. The van der Waals surface area contributed by atoms with Crippen molar-refractivity contribution in [3.63, 3.8) is 0 Å². The summed E-state index contributed by atoms with van der Waals surface area (Å²) in [6.07, 6.45) is 6.09. The Morgan fingerprint density at radius 1 is 1.06 bits per heavy atom. The van der Waals surface area contributed by atoms with Crippen molar-refractivity contribution < 1.29 is 14.0 Å². The third-order valence-corrected chi connectivity index (χ3v) is 5.11. The Labute approximate surface area is 206 Å². The third-order valence-electron chi connectivity index (χ3n) is 5.11. The van der Waals surface area contributed by atoms with Gasteiger partial charge in [0, 0.05) is 43.3 Å². The molecule has 2 aromatic heterocycles. The SMILES string of the molecule is C=CC(=O)Nc1ccc(F)c(Nc2nc(Nc3cnn(C)c3)ncc2-c2ccc(C(=O)NC)cc2)c1. The number of aromatic nitrogens is 4. The highest BCUT2D eigenvalue weighted by Crippen LogP contribution is 2.32. The molecule has 4 N–H and O–H groups in total. The van der Waals surface area contributed by atoms with E-state index < -0.39 is 11.7 Å². The first-order valence-corrected chi connectivity index (χ1v) is 10.8. The van der Waals surface area contributed by atoms with Gasteiger partial charge in [0.1, 0.15) is 11.6 Å². The molecule has 0 bridgehead atoms. The summed E-state index contributed by atoms with van der Waals surface area (Å²) in [4.78, 5) is 32.5. The van der Waals surface area contributed by atoms with E-state index in [-0.39, 0.29) is 17.5 Å². The van der Waals surface area contributed by atoms with Gasteiger partial charge in [-0.25, -0.2) is 9.37 Å². The van der Waals surface area contributed by atoms with Crippen LogP contribution in [0.1, 0.15) is 10.4 Å². The predicted octanol–water partition coefficient (Wildman–Crippen LogP) is 3.99. The van der Waals surface area contributed by atoms with Gasteiger partial charge in [-0.3, -0.25) is 14.3 Å². The smallest absolute Gasteiger partial charge is 0.251 e. The molecule has 0 aliphatic heterocycles. The Kier molecular flexibility index (Phi) is 7.00. The number of hydrogen-bond acceptors (Lipinski definition) is 7. The van der Waals surface area contributed by atoms with Crippen LogP contribution in [0.5, 0.6) is 0 Å². The van der Waals surface area contributed by atoms with Gasteiger partial charge in [0.25, 0.3) is 5.91 Å². The van der Waals surface area contributed by atoms with E-state index in [9.17, 15) is 14.0 Å². The van der Waals surface area contributed by atoms with Gasteiger partial charge in [0.2, 0.25) is 11.9 Å². The Morgan fingerprint density at radius 3 is 2.50 bits per heavy atom. The molecule has 0 atom stereocenters. The molecule has 2 aromatic carbocycles. The number of nitrogens with zero attached hydrogens (tertiary/aromatic N) is 4. The standard InChI is InChI=1S/C25H23FN8O2/c1-4-22(35)30-17-9-10-20(26)21(11-17)32-23-19(15-5-7-16(8-6-15)24(36)27-2)13-28-25(33-23)31-18-12-29-34(3)14-18/h4-14H,1H2,2-3H3,(H,27,36)(H,30,35)(H2,28,31,32,33). The molecule has 0 saturated heterocycles. The van der Waals surface area contributed by atoms with Crippen molar-refractivity contribution in [3.05, 3.63) is 85.1 Å². The number of rotatable bonds is 8. The first-order valence-electron chi connectivity index (χ1n) is 10.8. The van der Waals surface area contributed by atoms with E-state index in [2.05, 4.69) is 42.9 Å². The number of halogens is 1. The molecule has 4 aromatic rings. The molecule has 36 heavy (non-hydrogen) atoms. The zero-order chi connectivity index (χ0) is 25.7. The van der Waals surface area contributed by atoms with Crippen molar-refractivity contribution >= 4 is 40.6 Å². The maximum absolute atomic E-state index is 14.7. The zero-order valence-corrected chi connectivity index (χ0v) is 19.5. The van der Waals surface area contributed by atoms with E-state index >= 15 is 0 Å². The summed E-state index contributed by atoms with van der Waals surface area (Å²) in [7, 11) is 3.34. The minimum absolute atomic E-state index is 0.0890. The molecule has 0 aliphatic rings. The van der Waals surface area contributed by atoms with Crippen LogP contribution in [0.3, 0.4) is 0 Å². The van der Waals surface area contributed by atoms with Crippen LogP contribution in [0, 0.1) is 5.82 Å². The Bertz CT molecular complexity index is 1430. The van der Waals surface area contributed by atoms with E-state index in [0.717, 1.165) is 6.08 Å². The summed E-state index contributed by atoms with van der Waals surface area (Å²) in [5, 5.41) is 15.4. The molecule has 0 unspecified atom stereocenters. The Balaban J connectivity index is 1.73. The molecule has 0 radical (unpaired) electrons. The van der Waals surface area contributed by atoms with Gasteiger partial charge < -0.3 is 21.3 Å². The highest BCUT2D eigenvalue weighted by molar-refractivity contribution is 5.99. The van der Waals surface area contributed by atoms with Crippen LogP contribution < -0.4 is 21.3 Å². The molecule has 0 fully saturated rings. The highest BCUT2D eigenvalue weighted by Gasteiger charge is 2.14. The lowest BCUT2D eigenvalue weighted by molar-refractivity contribution is -0.111. The second-order valence-corrected chi connectivity index (χ2v) is 7.65. The van der Waals surface area contributed by atoms with Crippen molar-refractivity contribution in [1.29, 1.82) is 0 Å². The molecule has 10 nitrogen and oxygen atoms in total. The molecule has 0 saturated carbocycles. The second kappa shape index (κ2) is 10.5. The molecular weight excluding hydrogens is 463 g/mol. The van der Waals surface area contributed by atoms with E-state index in [1.807, 2.05) is 0 Å². The molecule has 2 heterocycles. The molecule has 2 amide bonds. The minimum Gasteiger partial charge on any atom is -0.355 e. The molecule has 11 heteroatoms. The maximum atomic E-state index is 14.7. The van der Waals surface area contributed by atoms with Gasteiger partial charge in [0.05, 0.1) is 17.6 Å². The zero-order valence-electron chi connectivity index (χ0n) is 19.5. The van der Waals surface area contributed by atoms with Crippen LogP contribution in [0.15, 0.2) is 73.7 Å². The summed E-state index contributed by atoms with van der Waals surface area (Å²) in [6.45, 7) is 3.42. The number of carbonyl (C=O) groups excluding carboxylic acids is 2. The van der Waals surface area contributed by atoms with E-state index in [1.165, 1.54) is 18.2 Å². The molecule has 0 aliphatic carbocycles. The van der Waals surface area contributed by atoms with E-state index in [0.29, 0.717) is 33.9 Å². The summed E-state index contributed by atoms with van der Waals surface area (Å²) < 4.78 is 16.4. The fraction of sp³-hybridized carbons (Fsp3) is 0.0800. The lowest BCUT2D eigenvalue weighted by atomic mass is 10.1. The molecule has 4 rings (SSSR count). The maximum Gasteiger partial charge on any atom is 0.251 e. The average molecular weight is 487 g/mol. The molecule has 0 spiro atoms. The average Bonchev–Trinajstić information content (AvgIpc) is 3.30. The van der Waals surface area contributed by atoms with Crippen LogP contribution in [0.2, 0.25) is 0 Å². The largest absolute Gasteiger partial charge is 0.355 e. The van der Waals surface area contributed by atoms with Gasteiger partial charge in [0.15, 0.2) is 0 Å². The van der Waals surface area contributed by atoms with Gasteiger partial charge in [-0.1, -0.05) is 18.7 Å². The third kappa shape index (κ3) is 5.53. The van der Waals surface area contributed by atoms with Crippen LogP contribution in [-0.2, 0) is 11.8 Å². The molecular formula is C25H23FN8O2. The quantitative estimate of drug-likeness (QED) is 0.278. The monoisotopic (exact) mass is 486 g/mol. The van der Waals surface area contributed by atoms with Crippen LogP contribution in [-0.4, -0.2) is 38.6 Å². The normalized spacial score (nSPS) is 10.4.